The van der Waals surface area contributed by atoms with Gasteiger partial charge in [0, 0.05) is 24.8 Å². The molecule has 0 radical (unpaired) electrons. The van der Waals surface area contributed by atoms with Gasteiger partial charge in [0.25, 0.3) is 0 Å². The van der Waals surface area contributed by atoms with E-state index >= 15 is 0 Å². The van der Waals surface area contributed by atoms with E-state index in [1.807, 2.05) is 11.8 Å². The van der Waals surface area contributed by atoms with Crippen molar-refractivity contribution in [3.05, 3.63) is 0 Å². The Morgan fingerprint density at radius 3 is 2.46 bits per heavy atom. The molecule has 0 aliphatic rings. The third kappa shape index (κ3) is 5.29. The Kier molecular flexibility index (Phi) is 7.33. The molecule has 0 aliphatic carbocycles. The van der Waals surface area contributed by atoms with Gasteiger partial charge in [0.05, 0.1) is 0 Å². The average Bonchev–Trinajstić information content (AvgIpc) is 2.13. The zero-order valence-corrected chi connectivity index (χ0v) is 10.4. The third-order valence-corrected chi connectivity index (χ3v) is 2.66. The molecule has 2 nitrogen and oxygen atoms in total. The quantitative estimate of drug-likeness (QED) is 0.664. The number of nitrogens with zero attached hydrogens (tertiary/aromatic N) is 1. The summed E-state index contributed by atoms with van der Waals surface area (Å²) in [5.41, 5.74) is 0. The normalized spacial score (nSPS) is 12.6. The molecule has 0 fully saturated rings. The molecule has 0 aliphatic heterocycles. The average molecular weight is 250 g/mol. The van der Waals surface area contributed by atoms with Crippen molar-refractivity contribution in [2.45, 2.75) is 33.6 Å². The molecule has 13 heavy (non-hydrogen) atoms. The molecule has 0 spiro atoms. The van der Waals surface area contributed by atoms with Gasteiger partial charge in [-0.2, -0.15) is 0 Å². The summed E-state index contributed by atoms with van der Waals surface area (Å²) in [5, 5.41) is 0.868. The molecule has 1 atom stereocenters. The number of alkyl halides is 1. The van der Waals surface area contributed by atoms with Crippen molar-refractivity contribution in [2.75, 3.05) is 18.4 Å². The van der Waals surface area contributed by atoms with Gasteiger partial charge in [-0.15, -0.1) is 0 Å². The minimum Gasteiger partial charge on any atom is -0.342 e. The van der Waals surface area contributed by atoms with Crippen LogP contribution in [-0.2, 0) is 4.79 Å². The van der Waals surface area contributed by atoms with Gasteiger partial charge in [-0.05, 0) is 12.8 Å². The lowest BCUT2D eigenvalue weighted by molar-refractivity contribution is -0.131. The van der Waals surface area contributed by atoms with Crippen LogP contribution in [0.5, 0.6) is 0 Å². The summed E-state index contributed by atoms with van der Waals surface area (Å²) < 4.78 is 0. The molecule has 0 saturated heterocycles. The van der Waals surface area contributed by atoms with Crippen LogP contribution < -0.4 is 0 Å². The van der Waals surface area contributed by atoms with Gasteiger partial charge in [0.15, 0.2) is 0 Å². The monoisotopic (exact) mass is 249 g/mol. The van der Waals surface area contributed by atoms with Gasteiger partial charge in [-0.25, -0.2) is 0 Å². The maximum atomic E-state index is 11.6. The van der Waals surface area contributed by atoms with E-state index in [0.29, 0.717) is 12.3 Å². The Morgan fingerprint density at radius 1 is 1.46 bits per heavy atom. The Hall–Kier alpha value is -0.0500. The van der Waals surface area contributed by atoms with Crippen LogP contribution in [0.15, 0.2) is 0 Å². The fourth-order valence-electron chi connectivity index (χ4n) is 1.13. The number of halogens is 1. The maximum Gasteiger partial charge on any atom is 0.222 e. The van der Waals surface area contributed by atoms with Crippen molar-refractivity contribution in [1.82, 2.24) is 4.90 Å². The molecule has 3 heteroatoms. The lowest BCUT2D eigenvalue weighted by Crippen LogP contribution is -2.33. The summed E-state index contributed by atoms with van der Waals surface area (Å²) in [6.45, 7) is 7.92. The minimum absolute atomic E-state index is 0.288. The lowest BCUT2D eigenvalue weighted by atomic mass is 10.0. The highest BCUT2D eigenvalue weighted by Crippen LogP contribution is 2.09. The standard InChI is InChI=1S/C10H20BrNO/c1-4-9(3)8-10(13)12(5-2)7-6-11/h9H,4-8H2,1-3H3. The first-order valence-corrected chi connectivity index (χ1v) is 6.11. The topological polar surface area (TPSA) is 20.3 Å². The highest BCUT2D eigenvalue weighted by molar-refractivity contribution is 9.09. The zero-order valence-electron chi connectivity index (χ0n) is 8.85. The van der Waals surface area contributed by atoms with Crippen molar-refractivity contribution in [3.8, 4) is 0 Å². The molecule has 0 aromatic carbocycles. The Morgan fingerprint density at radius 2 is 2.08 bits per heavy atom. The number of hydrogen-bond acceptors (Lipinski definition) is 1. The Balaban J connectivity index is 3.90. The van der Waals surface area contributed by atoms with Gasteiger partial charge >= 0.3 is 0 Å². The van der Waals surface area contributed by atoms with E-state index in [2.05, 4.69) is 29.8 Å². The van der Waals surface area contributed by atoms with E-state index in [4.69, 9.17) is 0 Å². The zero-order chi connectivity index (χ0) is 10.3. The van der Waals surface area contributed by atoms with E-state index in [0.717, 1.165) is 24.8 Å². The van der Waals surface area contributed by atoms with Crippen LogP contribution in [0.2, 0.25) is 0 Å². The summed E-state index contributed by atoms with van der Waals surface area (Å²) in [7, 11) is 0. The number of carbonyl (C=O) groups excluding carboxylic acids is 1. The summed E-state index contributed by atoms with van der Waals surface area (Å²) in [4.78, 5) is 13.5. The highest BCUT2D eigenvalue weighted by Gasteiger charge is 2.13. The summed E-state index contributed by atoms with van der Waals surface area (Å²) in [6, 6.07) is 0. The second-order valence-electron chi connectivity index (χ2n) is 3.38. The number of amides is 1. The SMILES string of the molecule is CCC(C)CC(=O)N(CC)CCBr. The second-order valence-corrected chi connectivity index (χ2v) is 4.17. The van der Waals surface area contributed by atoms with Crippen molar-refractivity contribution in [2.24, 2.45) is 5.92 Å². The van der Waals surface area contributed by atoms with Crippen LogP contribution in [0.25, 0.3) is 0 Å². The van der Waals surface area contributed by atoms with Crippen LogP contribution in [-0.4, -0.2) is 29.2 Å². The van der Waals surface area contributed by atoms with Crippen LogP contribution in [0.4, 0.5) is 0 Å². The van der Waals surface area contributed by atoms with Crippen LogP contribution in [0, 0.1) is 5.92 Å². The molecule has 0 aromatic rings. The predicted octanol–water partition coefficient (Wildman–Crippen LogP) is 2.67. The molecule has 0 heterocycles. The van der Waals surface area contributed by atoms with Crippen LogP contribution in [0.1, 0.15) is 33.6 Å². The maximum absolute atomic E-state index is 11.6. The van der Waals surface area contributed by atoms with Crippen molar-refractivity contribution >= 4 is 21.8 Å². The number of hydrogen-bond donors (Lipinski definition) is 0. The lowest BCUT2D eigenvalue weighted by Gasteiger charge is -2.21. The molecule has 0 aromatic heterocycles. The molecule has 0 saturated carbocycles. The van der Waals surface area contributed by atoms with Crippen molar-refractivity contribution < 1.29 is 4.79 Å². The van der Waals surface area contributed by atoms with Gasteiger partial charge in [0.1, 0.15) is 0 Å². The summed E-state index contributed by atoms with van der Waals surface area (Å²) in [5.74, 6) is 0.799. The van der Waals surface area contributed by atoms with Crippen molar-refractivity contribution in [3.63, 3.8) is 0 Å². The first kappa shape index (κ1) is 12.9. The number of rotatable bonds is 6. The van der Waals surface area contributed by atoms with E-state index in [1.165, 1.54) is 0 Å². The van der Waals surface area contributed by atoms with Gasteiger partial charge in [-0.3, -0.25) is 4.79 Å². The summed E-state index contributed by atoms with van der Waals surface area (Å²) in [6.07, 6.45) is 1.77. The first-order chi connectivity index (χ1) is 6.15. The molecule has 0 bridgehead atoms. The summed E-state index contributed by atoms with van der Waals surface area (Å²) >= 11 is 3.35. The van der Waals surface area contributed by atoms with Crippen LogP contribution in [0.3, 0.4) is 0 Å². The molecule has 78 valence electrons. The van der Waals surface area contributed by atoms with E-state index in [-0.39, 0.29) is 5.91 Å². The number of carbonyl (C=O) groups is 1. The largest absolute Gasteiger partial charge is 0.342 e. The fraction of sp³-hybridized carbons (Fsp3) is 0.900. The fourth-order valence-corrected chi connectivity index (χ4v) is 1.56. The second kappa shape index (κ2) is 7.36. The minimum atomic E-state index is 0.288. The molecule has 0 rings (SSSR count). The van der Waals surface area contributed by atoms with Crippen molar-refractivity contribution in [1.29, 1.82) is 0 Å². The predicted molar refractivity (Wildman–Crippen MR) is 60.1 cm³/mol. The van der Waals surface area contributed by atoms with E-state index in [1.54, 1.807) is 0 Å². The molecule has 0 N–H and O–H groups in total. The van der Waals surface area contributed by atoms with Gasteiger partial charge in [-0.1, -0.05) is 36.2 Å². The molecular formula is C10H20BrNO. The molecular weight excluding hydrogens is 230 g/mol. The van der Waals surface area contributed by atoms with E-state index in [9.17, 15) is 4.79 Å². The Labute approximate surface area is 89.8 Å². The smallest absolute Gasteiger partial charge is 0.222 e. The molecule has 1 amide bonds. The highest BCUT2D eigenvalue weighted by atomic mass is 79.9. The van der Waals surface area contributed by atoms with Crippen LogP contribution >= 0.6 is 15.9 Å². The third-order valence-electron chi connectivity index (χ3n) is 2.31. The van der Waals surface area contributed by atoms with E-state index < -0.39 is 0 Å². The van der Waals surface area contributed by atoms with Gasteiger partial charge < -0.3 is 4.90 Å². The first-order valence-electron chi connectivity index (χ1n) is 4.99. The van der Waals surface area contributed by atoms with Gasteiger partial charge in [0.2, 0.25) is 5.91 Å². The Bertz CT molecular complexity index is 150. The molecule has 1 unspecified atom stereocenters.